The molecule has 0 fully saturated rings. The number of nitrogens with zero attached hydrogens (tertiary/aromatic N) is 1. The normalized spacial score (nSPS) is 22.3. The Hall–Kier alpha value is -2.66. The number of hydrogen-bond acceptors (Lipinski definition) is 7. The van der Waals surface area contributed by atoms with Gasteiger partial charge in [-0.2, -0.15) is 0 Å². The Morgan fingerprint density at radius 2 is 1.76 bits per heavy atom. The number of carbonyl (C=O) groups excluding carboxylic acids is 2. The number of rotatable bonds is 15. The number of halogens is 1. The first kappa shape index (κ1) is 26.6. The van der Waals surface area contributed by atoms with Gasteiger partial charge in [-0.3, -0.25) is 14.9 Å². The second-order valence-corrected chi connectivity index (χ2v) is 8.09. The van der Waals surface area contributed by atoms with E-state index in [0.717, 1.165) is 43.4 Å². The molecule has 3 unspecified atom stereocenters. The summed E-state index contributed by atoms with van der Waals surface area (Å²) in [6, 6.07) is -0.618. The lowest BCUT2D eigenvalue weighted by atomic mass is 10.1. The van der Waals surface area contributed by atoms with Crippen molar-refractivity contribution < 1.29 is 38.5 Å². The highest BCUT2D eigenvalue weighted by molar-refractivity contribution is 5.79. The lowest BCUT2D eigenvalue weighted by Gasteiger charge is -2.27. The Bertz CT molecular complexity index is 744. The molecular formula is C22H34FN3O7. The van der Waals surface area contributed by atoms with Crippen LogP contribution in [0.2, 0.25) is 0 Å². The van der Waals surface area contributed by atoms with Gasteiger partial charge in [0.2, 0.25) is 5.88 Å². The Morgan fingerprint density at radius 1 is 1.15 bits per heavy atom. The van der Waals surface area contributed by atoms with Crippen LogP contribution in [0.3, 0.4) is 0 Å². The molecule has 186 valence electrons. The van der Waals surface area contributed by atoms with Gasteiger partial charge in [0, 0.05) is 19.0 Å². The van der Waals surface area contributed by atoms with Crippen LogP contribution in [0.5, 0.6) is 0 Å². The molecule has 3 atom stereocenters. The van der Waals surface area contributed by atoms with Crippen LogP contribution in [0, 0.1) is 0 Å². The van der Waals surface area contributed by atoms with Gasteiger partial charge in [0.1, 0.15) is 12.8 Å². The highest BCUT2D eigenvalue weighted by atomic mass is 19.1. The van der Waals surface area contributed by atoms with E-state index in [0.29, 0.717) is 12.8 Å². The molecule has 0 spiro atoms. The van der Waals surface area contributed by atoms with E-state index in [1.165, 1.54) is 6.20 Å². The first-order chi connectivity index (χ1) is 15.8. The van der Waals surface area contributed by atoms with Gasteiger partial charge in [-0.25, -0.2) is 14.1 Å². The van der Waals surface area contributed by atoms with Crippen molar-refractivity contribution in [3.05, 3.63) is 24.0 Å². The Labute approximate surface area is 192 Å². The molecule has 11 heteroatoms. The summed E-state index contributed by atoms with van der Waals surface area (Å²) in [6.07, 6.45) is 7.43. The lowest BCUT2D eigenvalue weighted by Crippen LogP contribution is -2.50. The van der Waals surface area contributed by atoms with E-state index in [9.17, 15) is 23.9 Å². The topological polar surface area (TPSA) is 137 Å². The maximum Gasteiger partial charge on any atom is 0.329 e. The smallest absolute Gasteiger partial charge is 0.329 e. The molecule has 2 amide bonds. The van der Waals surface area contributed by atoms with Crippen molar-refractivity contribution in [3.63, 3.8) is 0 Å². The number of likely N-dealkylation sites (N-methyl/N-ethyl adjacent to an activating group) is 1. The third kappa shape index (κ3) is 8.65. The summed E-state index contributed by atoms with van der Waals surface area (Å²) < 4.78 is 24.9. The summed E-state index contributed by atoms with van der Waals surface area (Å²) in [4.78, 5) is 35.4. The van der Waals surface area contributed by atoms with Crippen LogP contribution in [0.15, 0.2) is 24.0 Å². The highest BCUT2D eigenvalue weighted by Gasteiger charge is 2.41. The van der Waals surface area contributed by atoms with Gasteiger partial charge in [0.25, 0.3) is 0 Å². The molecule has 2 heterocycles. The molecule has 0 saturated heterocycles. The predicted octanol–water partition coefficient (Wildman–Crippen LogP) is 2.50. The molecule has 0 saturated carbocycles. The van der Waals surface area contributed by atoms with E-state index in [4.69, 9.17) is 14.6 Å². The van der Waals surface area contributed by atoms with E-state index in [-0.39, 0.29) is 19.4 Å². The third-order valence-corrected chi connectivity index (χ3v) is 5.46. The quantitative estimate of drug-likeness (QED) is 0.211. The van der Waals surface area contributed by atoms with Crippen LogP contribution >= 0.6 is 0 Å². The molecule has 4 N–H and O–H groups in total. The summed E-state index contributed by atoms with van der Waals surface area (Å²) in [5, 5.41) is 24.0. The highest BCUT2D eigenvalue weighted by Crippen LogP contribution is 2.30. The molecular weight excluding hydrogens is 437 g/mol. The molecule has 0 radical (unpaired) electrons. The first-order valence-electron chi connectivity index (χ1n) is 11.4. The molecule has 0 bridgehead atoms. The summed E-state index contributed by atoms with van der Waals surface area (Å²) >= 11 is 0. The zero-order chi connectivity index (χ0) is 24.2. The van der Waals surface area contributed by atoms with Gasteiger partial charge in [0.15, 0.2) is 18.0 Å². The molecule has 0 aromatic rings. The molecule has 33 heavy (non-hydrogen) atoms. The number of urea groups is 1. The minimum Gasteiger partial charge on any atom is -0.481 e. The molecule has 2 aliphatic rings. The van der Waals surface area contributed by atoms with Gasteiger partial charge in [-0.1, -0.05) is 38.5 Å². The molecule has 10 nitrogen and oxygen atoms in total. The summed E-state index contributed by atoms with van der Waals surface area (Å²) in [5.74, 6) is -2.63. The molecule has 2 rings (SSSR count). The number of carboxylic acids is 1. The minimum atomic E-state index is -1.63. The average molecular weight is 472 g/mol. The van der Waals surface area contributed by atoms with Crippen molar-refractivity contribution in [2.24, 2.45) is 0 Å². The van der Waals surface area contributed by atoms with Crippen LogP contribution in [0.1, 0.15) is 64.2 Å². The van der Waals surface area contributed by atoms with Crippen LogP contribution < -0.4 is 10.6 Å². The van der Waals surface area contributed by atoms with Crippen molar-refractivity contribution in [3.8, 4) is 0 Å². The molecule has 0 aromatic carbocycles. The number of hydrogen-bond donors (Lipinski definition) is 4. The number of nitrogens with one attached hydrogen (secondary N) is 2. The van der Waals surface area contributed by atoms with Gasteiger partial charge in [-0.05, 0) is 26.0 Å². The fourth-order valence-corrected chi connectivity index (χ4v) is 3.52. The molecule has 2 aliphatic heterocycles. The fourth-order valence-electron chi connectivity index (χ4n) is 3.52. The summed E-state index contributed by atoms with van der Waals surface area (Å²) in [5.41, 5.74) is 0. The van der Waals surface area contributed by atoms with E-state index in [1.807, 2.05) is 0 Å². The van der Waals surface area contributed by atoms with Crippen molar-refractivity contribution in [1.82, 2.24) is 15.5 Å². The summed E-state index contributed by atoms with van der Waals surface area (Å²) in [7, 11) is 1.65. The van der Waals surface area contributed by atoms with Crippen LogP contribution in [-0.2, 0) is 19.1 Å². The number of aliphatic carboxylic acids is 1. The largest absolute Gasteiger partial charge is 0.481 e. The van der Waals surface area contributed by atoms with Crippen LogP contribution in [-0.4, -0.2) is 65.1 Å². The predicted molar refractivity (Wildman–Crippen MR) is 116 cm³/mol. The summed E-state index contributed by atoms with van der Waals surface area (Å²) in [6.45, 7) is -0.328. The zero-order valence-corrected chi connectivity index (χ0v) is 18.9. The van der Waals surface area contributed by atoms with E-state index in [2.05, 4.69) is 10.6 Å². The van der Waals surface area contributed by atoms with Gasteiger partial charge in [-0.15, -0.1) is 0 Å². The minimum absolute atomic E-state index is 0.215. The Morgan fingerprint density at radius 3 is 2.33 bits per heavy atom. The van der Waals surface area contributed by atoms with Crippen molar-refractivity contribution in [2.45, 2.75) is 82.6 Å². The standard InChI is InChI=1S/C22H34FN3O7/c1-24-16-12-13-26(22(31)25-16)21-19(23)20(30)15(33-21)14-32-18(29)11-9-7-5-3-2-4-6-8-10-17(27)28/h12-13,15-16,20,24,30H,2-11,14H2,1H3,(H,25,31)(H,27,28). The average Bonchev–Trinajstić information content (AvgIpc) is 3.07. The maximum atomic E-state index is 14.4. The van der Waals surface area contributed by atoms with Gasteiger partial charge < -0.3 is 25.0 Å². The third-order valence-electron chi connectivity index (χ3n) is 5.46. The van der Waals surface area contributed by atoms with Gasteiger partial charge in [0.05, 0.1) is 0 Å². The molecule has 0 aromatic heterocycles. The lowest BCUT2D eigenvalue weighted by molar-refractivity contribution is -0.148. The molecule has 0 aliphatic carbocycles. The van der Waals surface area contributed by atoms with E-state index in [1.54, 1.807) is 13.1 Å². The van der Waals surface area contributed by atoms with Crippen molar-refractivity contribution >= 4 is 18.0 Å². The Balaban J connectivity index is 1.59. The zero-order valence-electron chi connectivity index (χ0n) is 18.9. The number of carbonyl (C=O) groups is 3. The van der Waals surface area contributed by atoms with Crippen molar-refractivity contribution in [1.29, 1.82) is 0 Å². The van der Waals surface area contributed by atoms with E-state index >= 15 is 0 Å². The Kier molecular flexibility index (Phi) is 11.1. The number of amides is 2. The van der Waals surface area contributed by atoms with Crippen LogP contribution in [0.4, 0.5) is 9.18 Å². The monoisotopic (exact) mass is 471 g/mol. The van der Waals surface area contributed by atoms with Gasteiger partial charge >= 0.3 is 18.0 Å². The van der Waals surface area contributed by atoms with E-state index < -0.39 is 48.1 Å². The fraction of sp³-hybridized carbons (Fsp3) is 0.682. The number of ether oxygens (including phenoxy) is 2. The second kappa shape index (κ2) is 13.8. The number of esters is 1. The van der Waals surface area contributed by atoms with Crippen LogP contribution in [0.25, 0.3) is 0 Å². The SMILES string of the molecule is CNC1C=CN(C2=C(F)C(O)C(COC(=O)CCCCCCCCCCC(=O)O)O2)C(=O)N1. The first-order valence-corrected chi connectivity index (χ1v) is 11.4. The number of carboxylic acid groups (broad SMARTS) is 1. The van der Waals surface area contributed by atoms with Crippen molar-refractivity contribution in [2.75, 3.05) is 13.7 Å². The number of unbranched alkanes of at least 4 members (excludes halogenated alkanes) is 7. The number of aliphatic hydroxyl groups excluding tert-OH is 1. The number of aliphatic hydroxyl groups is 1. The maximum absolute atomic E-state index is 14.4. The second-order valence-electron chi connectivity index (χ2n) is 8.09.